The standard InChI is InChI=1S/C16H16FN3O4S/c1-25(23,24)18-14-4-2-3-11-10-19(8-7-13(11)14)16-9-12(17)5-6-15(16)20(21)22/h2-6,9,18H,7-8,10H2,1H3. The number of hydrogen-bond donors (Lipinski definition) is 1. The van der Waals surface area contributed by atoms with Gasteiger partial charge in [0.2, 0.25) is 10.0 Å². The zero-order chi connectivity index (χ0) is 18.2. The van der Waals surface area contributed by atoms with Crippen molar-refractivity contribution in [3.8, 4) is 0 Å². The summed E-state index contributed by atoms with van der Waals surface area (Å²) in [6, 6.07) is 8.60. The number of fused-ring (bicyclic) bond motifs is 1. The fourth-order valence-electron chi connectivity index (χ4n) is 3.01. The maximum Gasteiger partial charge on any atom is 0.292 e. The second-order valence-corrected chi connectivity index (χ2v) is 7.63. The first-order valence-electron chi connectivity index (χ1n) is 7.52. The van der Waals surface area contributed by atoms with Gasteiger partial charge in [-0.3, -0.25) is 14.8 Å². The van der Waals surface area contributed by atoms with E-state index in [2.05, 4.69) is 4.72 Å². The first kappa shape index (κ1) is 17.2. The smallest absolute Gasteiger partial charge is 0.292 e. The molecule has 0 fully saturated rings. The maximum atomic E-state index is 13.6. The minimum Gasteiger partial charge on any atom is -0.361 e. The molecule has 1 N–H and O–H groups in total. The van der Waals surface area contributed by atoms with Crippen LogP contribution in [-0.4, -0.2) is 26.1 Å². The lowest BCUT2D eigenvalue weighted by molar-refractivity contribution is -0.384. The molecule has 0 saturated carbocycles. The van der Waals surface area contributed by atoms with Crippen LogP contribution in [0.2, 0.25) is 0 Å². The zero-order valence-corrected chi connectivity index (χ0v) is 14.2. The van der Waals surface area contributed by atoms with Gasteiger partial charge in [-0.1, -0.05) is 12.1 Å². The monoisotopic (exact) mass is 365 g/mol. The second-order valence-electron chi connectivity index (χ2n) is 5.88. The van der Waals surface area contributed by atoms with E-state index in [-0.39, 0.29) is 11.4 Å². The molecule has 132 valence electrons. The number of nitrogens with one attached hydrogen (secondary N) is 1. The molecule has 0 unspecified atom stereocenters. The molecule has 1 aliphatic heterocycles. The molecule has 9 heteroatoms. The summed E-state index contributed by atoms with van der Waals surface area (Å²) in [6.45, 7) is 0.749. The maximum absolute atomic E-state index is 13.6. The lowest BCUT2D eigenvalue weighted by atomic mass is 9.97. The largest absolute Gasteiger partial charge is 0.361 e. The van der Waals surface area contributed by atoms with E-state index >= 15 is 0 Å². The summed E-state index contributed by atoms with van der Waals surface area (Å²) in [5, 5.41) is 11.2. The Hall–Kier alpha value is -2.68. The molecule has 2 aromatic rings. The fraction of sp³-hybridized carbons (Fsp3) is 0.250. The molecule has 3 rings (SSSR count). The molecule has 1 aliphatic rings. The Morgan fingerprint density at radius 3 is 2.72 bits per heavy atom. The summed E-state index contributed by atoms with van der Waals surface area (Å²) in [4.78, 5) is 12.4. The molecule has 0 amide bonds. The SMILES string of the molecule is CS(=O)(=O)Nc1cccc2c1CCN(c1cc(F)ccc1[N+](=O)[O-])C2. The number of hydrogen-bond acceptors (Lipinski definition) is 5. The summed E-state index contributed by atoms with van der Waals surface area (Å²) in [5.74, 6) is -0.543. The minimum absolute atomic E-state index is 0.157. The predicted molar refractivity (Wildman–Crippen MR) is 92.7 cm³/mol. The van der Waals surface area contributed by atoms with Gasteiger partial charge < -0.3 is 4.90 Å². The molecule has 0 aromatic heterocycles. The van der Waals surface area contributed by atoms with E-state index in [0.717, 1.165) is 35.6 Å². The van der Waals surface area contributed by atoms with Crippen molar-refractivity contribution in [2.45, 2.75) is 13.0 Å². The van der Waals surface area contributed by atoms with Gasteiger partial charge in [-0.05, 0) is 29.7 Å². The van der Waals surface area contributed by atoms with Crippen LogP contribution in [0, 0.1) is 15.9 Å². The van der Waals surface area contributed by atoms with E-state index in [4.69, 9.17) is 0 Å². The number of nitrogens with zero attached hydrogens (tertiary/aromatic N) is 2. The van der Waals surface area contributed by atoms with Crippen LogP contribution in [0.25, 0.3) is 0 Å². The van der Waals surface area contributed by atoms with E-state index in [1.165, 1.54) is 0 Å². The lowest BCUT2D eigenvalue weighted by Gasteiger charge is -2.31. The van der Waals surface area contributed by atoms with Gasteiger partial charge in [-0.25, -0.2) is 12.8 Å². The Kier molecular flexibility index (Phi) is 4.34. The summed E-state index contributed by atoms with van der Waals surface area (Å²) in [7, 11) is -3.40. The number of nitro groups is 1. The van der Waals surface area contributed by atoms with Crippen LogP contribution in [0.3, 0.4) is 0 Å². The first-order valence-corrected chi connectivity index (χ1v) is 9.41. The van der Waals surface area contributed by atoms with Gasteiger partial charge in [0.15, 0.2) is 0 Å². The van der Waals surface area contributed by atoms with Crippen LogP contribution in [-0.2, 0) is 23.0 Å². The molecular formula is C16H16FN3O4S. The van der Waals surface area contributed by atoms with Crippen LogP contribution in [0.4, 0.5) is 21.5 Å². The summed E-state index contributed by atoms with van der Waals surface area (Å²) in [6.07, 6.45) is 1.57. The minimum atomic E-state index is -3.40. The van der Waals surface area contributed by atoms with Crippen molar-refractivity contribution in [2.75, 3.05) is 22.4 Å². The third-order valence-corrected chi connectivity index (χ3v) is 4.63. The van der Waals surface area contributed by atoms with Crippen LogP contribution in [0.1, 0.15) is 11.1 Å². The molecule has 25 heavy (non-hydrogen) atoms. The average Bonchev–Trinajstić information content (AvgIpc) is 2.53. The highest BCUT2D eigenvalue weighted by Gasteiger charge is 2.25. The molecule has 1 heterocycles. The van der Waals surface area contributed by atoms with E-state index in [1.54, 1.807) is 17.0 Å². The van der Waals surface area contributed by atoms with Crippen LogP contribution in [0.15, 0.2) is 36.4 Å². The third-order valence-electron chi connectivity index (χ3n) is 4.04. The average molecular weight is 365 g/mol. The molecule has 0 aliphatic carbocycles. The van der Waals surface area contributed by atoms with Gasteiger partial charge in [0, 0.05) is 25.2 Å². The Morgan fingerprint density at radius 1 is 1.28 bits per heavy atom. The topological polar surface area (TPSA) is 92.6 Å². The lowest BCUT2D eigenvalue weighted by Crippen LogP contribution is -2.31. The molecule has 0 bridgehead atoms. The predicted octanol–water partition coefficient (Wildman–Crippen LogP) is 2.67. The summed E-state index contributed by atoms with van der Waals surface area (Å²) in [5.41, 5.74) is 2.27. The molecular weight excluding hydrogens is 349 g/mol. The van der Waals surface area contributed by atoms with Crippen molar-refractivity contribution in [1.29, 1.82) is 0 Å². The van der Waals surface area contributed by atoms with Crippen molar-refractivity contribution >= 4 is 27.1 Å². The van der Waals surface area contributed by atoms with Crippen LogP contribution in [0.5, 0.6) is 0 Å². The van der Waals surface area contributed by atoms with Gasteiger partial charge in [0.25, 0.3) is 5.69 Å². The number of sulfonamides is 1. The van der Waals surface area contributed by atoms with E-state index in [0.29, 0.717) is 25.2 Å². The number of anilines is 2. The second kappa shape index (κ2) is 6.32. The van der Waals surface area contributed by atoms with Crippen molar-refractivity contribution in [2.24, 2.45) is 0 Å². The third kappa shape index (κ3) is 3.71. The fourth-order valence-corrected chi connectivity index (χ4v) is 3.61. The van der Waals surface area contributed by atoms with Gasteiger partial charge in [0.1, 0.15) is 11.5 Å². The number of nitro benzene ring substituents is 1. The molecule has 0 radical (unpaired) electrons. The Morgan fingerprint density at radius 2 is 2.04 bits per heavy atom. The Bertz CT molecular complexity index is 946. The quantitative estimate of drug-likeness (QED) is 0.664. The van der Waals surface area contributed by atoms with Crippen molar-refractivity contribution < 1.29 is 17.7 Å². The van der Waals surface area contributed by atoms with Gasteiger partial charge in [-0.15, -0.1) is 0 Å². The molecule has 7 nitrogen and oxygen atoms in total. The summed E-state index contributed by atoms with van der Waals surface area (Å²) >= 11 is 0. The van der Waals surface area contributed by atoms with Crippen molar-refractivity contribution in [3.63, 3.8) is 0 Å². The number of halogens is 1. The number of rotatable bonds is 4. The molecule has 2 aromatic carbocycles. The highest BCUT2D eigenvalue weighted by atomic mass is 32.2. The number of benzene rings is 2. The summed E-state index contributed by atoms with van der Waals surface area (Å²) < 4.78 is 39.1. The molecule has 0 saturated heterocycles. The molecule has 0 spiro atoms. The van der Waals surface area contributed by atoms with Crippen LogP contribution < -0.4 is 9.62 Å². The molecule has 0 atom stereocenters. The van der Waals surface area contributed by atoms with E-state index in [9.17, 15) is 22.9 Å². The Balaban J connectivity index is 1.96. The van der Waals surface area contributed by atoms with E-state index < -0.39 is 20.8 Å². The van der Waals surface area contributed by atoms with Crippen molar-refractivity contribution in [3.05, 3.63) is 63.5 Å². The van der Waals surface area contributed by atoms with Gasteiger partial charge in [-0.2, -0.15) is 0 Å². The highest BCUT2D eigenvalue weighted by molar-refractivity contribution is 7.92. The van der Waals surface area contributed by atoms with Crippen LogP contribution >= 0.6 is 0 Å². The Labute approximate surface area is 144 Å². The first-order chi connectivity index (χ1) is 11.7. The van der Waals surface area contributed by atoms with E-state index in [1.807, 2.05) is 6.07 Å². The highest BCUT2D eigenvalue weighted by Crippen LogP contribution is 2.34. The van der Waals surface area contributed by atoms with Gasteiger partial charge >= 0.3 is 0 Å². The van der Waals surface area contributed by atoms with Crippen molar-refractivity contribution in [1.82, 2.24) is 0 Å². The normalized spacial score (nSPS) is 14.1. The van der Waals surface area contributed by atoms with Gasteiger partial charge in [0.05, 0.1) is 16.9 Å². The zero-order valence-electron chi connectivity index (χ0n) is 13.4.